The molecule has 0 atom stereocenters. The van der Waals surface area contributed by atoms with Gasteiger partial charge in [-0.1, -0.05) is 24.1 Å². The molecule has 0 aliphatic heterocycles. The molecule has 0 saturated heterocycles. The summed E-state index contributed by atoms with van der Waals surface area (Å²) in [6.45, 7) is 5.94. The van der Waals surface area contributed by atoms with Crippen LogP contribution in [0.1, 0.15) is 30.8 Å². The van der Waals surface area contributed by atoms with Crippen LogP contribution < -0.4 is 0 Å². The predicted octanol–water partition coefficient (Wildman–Crippen LogP) is 3.83. The van der Waals surface area contributed by atoms with E-state index in [1.807, 2.05) is 26.0 Å². The van der Waals surface area contributed by atoms with Gasteiger partial charge in [-0.15, -0.1) is 5.92 Å². The molecule has 3 nitrogen and oxygen atoms in total. The molecule has 112 valence electrons. The lowest BCUT2D eigenvalue weighted by atomic mass is 10.2. The molecule has 4 heteroatoms. The minimum absolute atomic E-state index is 0.224. The van der Waals surface area contributed by atoms with Gasteiger partial charge in [-0.05, 0) is 32.9 Å². The van der Waals surface area contributed by atoms with Crippen LogP contribution >= 0.6 is 0 Å². The van der Waals surface area contributed by atoms with Crippen LogP contribution in [0.2, 0.25) is 0 Å². The lowest BCUT2D eigenvalue weighted by Crippen LogP contribution is -2.05. The van der Waals surface area contributed by atoms with Crippen LogP contribution in [0, 0.1) is 24.6 Å². The first kappa shape index (κ1) is 15.7. The summed E-state index contributed by atoms with van der Waals surface area (Å²) in [5, 5.41) is 4.52. The van der Waals surface area contributed by atoms with Gasteiger partial charge in [0.1, 0.15) is 11.5 Å². The van der Waals surface area contributed by atoms with Gasteiger partial charge in [0.25, 0.3) is 0 Å². The number of benzene rings is 1. The molecule has 0 fully saturated rings. The quantitative estimate of drug-likeness (QED) is 0.622. The van der Waals surface area contributed by atoms with Gasteiger partial charge in [0, 0.05) is 23.5 Å². The van der Waals surface area contributed by atoms with Gasteiger partial charge in [-0.2, -0.15) is 5.10 Å². The first-order valence-corrected chi connectivity index (χ1v) is 7.05. The van der Waals surface area contributed by atoms with Crippen molar-refractivity contribution in [1.29, 1.82) is 0 Å². The maximum Gasteiger partial charge on any atom is 0.128 e. The Labute approximate surface area is 130 Å². The highest BCUT2D eigenvalue weighted by atomic mass is 19.1. The largest absolute Gasteiger partial charge is 0.265 e. The van der Waals surface area contributed by atoms with Crippen LogP contribution in [0.15, 0.2) is 41.4 Å². The summed E-state index contributed by atoms with van der Waals surface area (Å²) < 4.78 is 15.5. The fourth-order valence-corrected chi connectivity index (χ4v) is 2.04. The van der Waals surface area contributed by atoms with Crippen LogP contribution in [-0.4, -0.2) is 16.0 Å². The molecule has 0 unspecified atom stereocenters. The fourth-order valence-electron chi connectivity index (χ4n) is 2.04. The number of aromatic nitrogens is 2. The smallest absolute Gasteiger partial charge is 0.128 e. The average Bonchev–Trinajstić information content (AvgIpc) is 2.87. The Hall–Kier alpha value is -2.67. The molecule has 0 amide bonds. The van der Waals surface area contributed by atoms with E-state index in [9.17, 15) is 4.39 Å². The Morgan fingerprint density at radius 2 is 2.18 bits per heavy atom. The molecule has 1 aromatic heterocycles. The van der Waals surface area contributed by atoms with Crippen LogP contribution in [0.4, 0.5) is 4.39 Å². The van der Waals surface area contributed by atoms with E-state index in [1.165, 1.54) is 6.07 Å². The summed E-state index contributed by atoms with van der Waals surface area (Å²) in [5.74, 6) is 5.47. The lowest BCUT2D eigenvalue weighted by molar-refractivity contribution is 0.579. The number of aliphatic imine (C=N–C) groups is 1. The molecular formula is C18H18FN3. The first-order chi connectivity index (χ1) is 10.7. The van der Waals surface area contributed by atoms with Gasteiger partial charge in [0.05, 0.1) is 12.2 Å². The number of hydrogen-bond acceptors (Lipinski definition) is 2. The normalized spacial score (nSPS) is 11.5. The molecule has 0 N–H and O–H groups in total. The van der Waals surface area contributed by atoms with E-state index in [0.717, 1.165) is 11.4 Å². The summed E-state index contributed by atoms with van der Waals surface area (Å²) in [7, 11) is 0. The van der Waals surface area contributed by atoms with Crippen molar-refractivity contribution in [2.75, 3.05) is 0 Å². The van der Waals surface area contributed by atoms with Crippen molar-refractivity contribution in [2.45, 2.75) is 27.3 Å². The van der Waals surface area contributed by atoms with Crippen molar-refractivity contribution < 1.29 is 4.39 Å². The van der Waals surface area contributed by atoms with Crippen LogP contribution in [0.5, 0.6) is 0 Å². The molecular weight excluding hydrogens is 277 g/mol. The zero-order chi connectivity index (χ0) is 15.9. The van der Waals surface area contributed by atoms with E-state index >= 15 is 0 Å². The van der Waals surface area contributed by atoms with E-state index in [4.69, 9.17) is 0 Å². The second-order valence-electron chi connectivity index (χ2n) is 4.73. The second kappa shape index (κ2) is 7.37. The Morgan fingerprint density at radius 1 is 1.41 bits per heavy atom. The van der Waals surface area contributed by atoms with E-state index in [2.05, 4.69) is 21.9 Å². The third kappa shape index (κ3) is 3.70. The summed E-state index contributed by atoms with van der Waals surface area (Å²) in [6.07, 6.45) is 3.43. The number of rotatable bonds is 4. The number of hydrogen-bond donors (Lipinski definition) is 0. The zero-order valence-corrected chi connectivity index (χ0v) is 13.0. The predicted molar refractivity (Wildman–Crippen MR) is 88.1 cm³/mol. The molecule has 1 aromatic carbocycles. The maximum atomic E-state index is 13.8. The summed E-state index contributed by atoms with van der Waals surface area (Å²) in [5.41, 5.74) is 2.99. The van der Waals surface area contributed by atoms with Crippen LogP contribution in [0.25, 0.3) is 5.70 Å². The first-order valence-electron chi connectivity index (χ1n) is 7.05. The van der Waals surface area contributed by atoms with E-state index in [0.29, 0.717) is 17.8 Å². The Morgan fingerprint density at radius 3 is 2.86 bits per heavy atom. The number of aryl methyl sites for hydroxylation is 1. The van der Waals surface area contributed by atoms with Crippen LogP contribution in [-0.2, 0) is 6.54 Å². The van der Waals surface area contributed by atoms with Crippen molar-refractivity contribution in [1.82, 2.24) is 9.78 Å². The summed E-state index contributed by atoms with van der Waals surface area (Å²) >= 11 is 0. The van der Waals surface area contributed by atoms with Crippen molar-refractivity contribution >= 4 is 11.9 Å². The number of halogens is 1. The Balaban J connectivity index is 2.34. The maximum absolute atomic E-state index is 13.8. The number of allylic oxidation sites excluding steroid dienone is 1. The van der Waals surface area contributed by atoms with Crippen molar-refractivity contribution in [3.63, 3.8) is 0 Å². The molecule has 0 bridgehead atoms. The standard InChI is InChI=1S/C18H18FN3/c1-4-6-11-17(20-5-2)18-12-14(3)22(21-18)13-15-9-7-8-10-16(15)19/h5,7-12H,13H2,1-3H3/b17-11-,20-5?. The molecule has 22 heavy (non-hydrogen) atoms. The second-order valence-corrected chi connectivity index (χ2v) is 4.73. The minimum atomic E-state index is -0.224. The van der Waals surface area contributed by atoms with Crippen molar-refractivity contribution in [3.05, 3.63) is 59.2 Å². The number of nitrogens with zero attached hydrogens (tertiary/aromatic N) is 3. The third-order valence-corrected chi connectivity index (χ3v) is 3.14. The van der Waals surface area contributed by atoms with Gasteiger partial charge in [-0.25, -0.2) is 4.39 Å². The molecule has 0 spiro atoms. The lowest BCUT2D eigenvalue weighted by Gasteiger charge is -2.05. The van der Waals surface area contributed by atoms with E-state index in [1.54, 1.807) is 36.0 Å². The third-order valence-electron chi connectivity index (χ3n) is 3.14. The molecule has 0 aliphatic rings. The highest BCUT2D eigenvalue weighted by Gasteiger charge is 2.10. The van der Waals surface area contributed by atoms with Crippen molar-refractivity contribution in [3.8, 4) is 11.8 Å². The molecule has 2 aromatic rings. The SMILES string of the molecule is CC#C/C=C(\N=CC)c1cc(C)n(Cc2ccccc2F)n1. The fraction of sp³-hybridized carbons (Fsp3) is 0.222. The highest BCUT2D eigenvalue weighted by Crippen LogP contribution is 2.17. The van der Waals surface area contributed by atoms with Crippen LogP contribution in [0.3, 0.4) is 0 Å². The Bertz CT molecular complexity index is 773. The summed E-state index contributed by atoms with van der Waals surface area (Å²) in [4.78, 5) is 4.29. The Kier molecular flexibility index (Phi) is 5.26. The average molecular weight is 295 g/mol. The van der Waals surface area contributed by atoms with Crippen molar-refractivity contribution in [2.24, 2.45) is 4.99 Å². The molecule has 0 saturated carbocycles. The molecule has 1 heterocycles. The summed E-state index contributed by atoms with van der Waals surface area (Å²) in [6, 6.07) is 8.65. The topological polar surface area (TPSA) is 30.2 Å². The van der Waals surface area contributed by atoms with Gasteiger partial charge in [-0.3, -0.25) is 9.67 Å². The van der Waals surface area contributed by atoms with Gasteiger partial charge >= 0.3 is 0 Å². The highest BCUT2D eigenvalue weighted by molar-refractivity contribution is 5.72. The molecule has 0 radical (unpaired) electrons. The monoisotopic (exact) mass is 295 g/mol. The molecule has 2 rings (SSSR count). The van der Waals surface area contributed by atoms with E-state index in [-0.39, 0.29) is 5.82 Å². The minimum Gasteiger partial charge on any atom is -0.265 e. The zero-order valence-electron chi connectivity index (χ0n) is 13.0. The van der Waals surface area contributed by atoms with Gasteiger partial charge in [0.15, 0.2) is 0 Å². The van der Waals surface area contributed by atoms with E-state index < -0.39 is 0 Å². The molecule has 0 aliphatic carbocycles. The van der Waals surface area contributed by atoms with Gasteiger partial charge in [0.2, 0.25) is 0 Å². The van der Waals surface area contributed by atoms with Gasteiger partial charge < -0.3 is 0 Å².